The number of nitrogens with one attached hydrogen (secondary N) is 1. The maximum atomic E-state index is 5.25. The van der Waals surface area contributed by atoms with E-state index in [4.69, 9.17) is 4.42 Å². The average molecular weight is 238 g/mol. The maximum Gasteiger partial charge on any atom is 0.117 e. The highest BCUT2D eigenvalue weighted by Gasteiger charge is 1.95. The van der Waals surface area contributed by atoms with Crippen molar-refractivity contribution >= 4 is 0 Å². The number of rotatable bonds is 10. The van der Waals surface area contributed by atoms with Gasteiger partial charge in [-0.25, -0.2) is 0 Å². The summed E-state index contributed by atoms with van der Waals surface area (Å²) in [6, 6.07) is 3.94. The van der Waals surface area contributed by atoms with Crippen LogP contribution in [0.4, 0.5) is 0 Å². The Hall–Kier alpha value is -0.800. The molecule has 1 aromatic rings. The van der Waals surface area contributed by atoms with Crippen LogP contribution in [0, 0.1) is 0 Å². The van der Waals surface area contributed by atoms with Gasteiger partial charge in [0.1, 0.15) is 5.76 Å². The van der Waals surface area contributed by atoms with E-state index in [-0.39, 0.29) is 0 Å². The molecular formula is C14H26N2O. The van der Waals surface area contributed by atoms with Gasteiger partial charge >= 0.3 is 0 Å². The first-order chi connectivity index (χ1) is 8.29. The number of furan rings is 1. The first kappa shape index (κ1) is 14.3. The molecule has 1 heterocycles. The lowest BCUT2D eigenvalue weighted by Crippen LogP contribution is -2.14. The monoisotopic (exact) mass is 238 g/mol. The minimum absolute atomic E-state index is 0.855. The molecule has 3 nitrogen and oxygen atoms in total. The van der Waals surface area contributed by atoms with Crippen LogP contribution < -0.4 is 5.32 Å². The predicted molar refractivity (Wildman–Crippen MR) is 72.1 cm³/mol. The fourth-order valence-corrected chi connectivity index (χ4v) is 1.83. The Morgan fingerprint density at radius 3 is 2.59 bits per heavy atom. The third-order valence-electron chi connectivity index (χ3n) is 2.84. The Bertz CT molecular complexity index is 257. The molecule has 0 aromatic carbocycles. The van der Waals surface area contributed by atoms with Gasteiger partial charge in [-0.3, -0.25) is 0 Å². The van der Waals surface area contributed by atoms with Crippen molar-refractivity contribution in [2.45, 2.75) is 38.6 Å². The number of hydrogen-bond donors (Lipinski definition) is 1. The van der Waals surface area contributed by atoms with Gasteiger partial charge in [0, 0.05) is 0 Å². The largest absolute Gasteiger partial charge is 0.468 e. The van der Waals surface area contributed by atoms with E-state index in [9.17, 15) is 0 Å². The van der Waals surface area contributed by atoms with E-state index >= 15 is 0 Å². The Balaban J connectivity index is 1.79. The van der Waals surface area contributed by atoms with Crippen LogP contribution in [-0.4, -0.2) is 32.1 Å². The van der Waals surface area contributed by atoms with E-state index in [1.54, 1.807) is 6.26 Å². The predicted octanol–water partition coefficient (Wildman–Crippen LogP) is 2.88. The van der Waals surface area contributed by atoms with Crippen LogP contribution in [0.5, 0.6) is 0 Å². The standard InChI is InChI=1S/C14H26N2O/c1-16(2)11-7-5-3-4-6-10-15-13-14-9-8-12-17-14/h8-9,12,15H,3-7,10-11,13H2,1-2H3. The zero-order chi connectivity index (χ0) is 12.3. The van der Waals surface area contributed by atoms with Crippen molar-refractivity contribution < 1.29 is 4.42 Å². The SMILES string of the molecule is CN(C)CCCCCCCNCc1ccco1. The van der Waals surface area contributed by atoms with E-state index in [1.165, 1.54) is 38.6 Å². The summed E-state index contributed by atoms with van der Waals surface area (Å²) in [5, 5.41) is 3.39. The van der Waals surface area contributed by atoms with Crippen LogP contribution in [0.2, 0.25) is 0 Å². The second-order valence-corrected chi connectivity index (χ2v) is 4.83. The van der Waals surface area contributed by atoms with Crippen LogP contribution in [0.3, 0.4) is 0 Å². The highest BCUT2D eigenvalue weighted by Crippen LogP contribution is 2.03. The van der Waals surface area contributed by atoms with Gasteiger partial charge in [0.15, 0.2) is 0 Å². The topological polar surface area (TPSA) is 28.4 Å². The molecule has 0 aliphatic carbocycles. The molecule has 3 heteroatoms. The number of hydrogen-bond acceptors (Lipinski definition) is 3. The molecule has 0 bridgehead atoms. The second kappa shape index (κ2) is 9.25. The van der Waals surface area contributed by atoms with Gasteiger partial charge in [-0.1, -0.05) is 19.3 Å². The number of unbranched alkanes of at least 4 members (excludes halogenated alkanes) is 4. The van der Waals surface area contributed by atoms with Gasteiger partial charge in [0.25, 0.3) is 0 Å². The van der Waals surface area contributed by atoms with Crippen molar-refractivity contribution in [1.29, 1.82) is 0 Å². The highest BCUT2D eigenvalue weighted by molar-refractivity contribution is 4.97. The van der Waals surface area contributed by atoms with Gasteiger partial charge in [0.05, 0.1) is 12.8 Å². The molecule has 0 spiro atoms. The minimum atomic E-state index is 0.855. The van der Waals surface area contributed by atoms with Gasteiger partial charge in [-0.05, 0) is 52.2 Å². The van der Waals surface area contributed by atoms with Crippen LogP contribution in [-0.2, 0) is 6.54 Å². The number of nitrogens with zero attached hydrogens (tertiary/aromatic N) is 1. The van der Waals surface area contributed by atoms with Gasteiger partial charge in [-0.2, -0.15) is 0 Å². The third-order valence-corrected chi connectivity index (χ3v) is 2.84. The summed E-state index contributed by atoms with van der Waals surface area (Å²) in [5.41, 5.74) is 0. The zero-order valence-electron chi connectivity index (χ0n) is 11.2. The van der Waals surface area contributed by atoms with Crippen molar-refractivity contribution in [3.8, 4) is 0 Å². The lowest BCUT2D eigenvalue weighted by molar-refractivity contribution is 0.389. The fourth-order valence-electron chi connectivity index (χ4n) is 1.83. The van der Waals surface area contributed by atoms with E-state index in [0.717, 1.165) is 18.8 Å². The summed E-state index contributed by atoms with van der Waals surface area (Å²) in [4.78, 5) is 2.25. The molecule has 0 fully saturated rings. The lowest BCUT2D eigenvalue weighted by atomic mass is 10.1. The van der Waals surface area contributed by atoms with Gasteiger partial charge in [-0.15, -0.1) is 0 Å². The van der Waals surface area contributed by atoms with Crippen molar-refractivity contribution in [2.24, 2.45) is 0 Å². The molecule has 0 aliphatic heterocycles. The van der Waals surface area contributed by atoms with Crippen molar-refractivity contribution in [3.05, 3.63) is 24.2 Å². The lowest BCUT2D eigenvalue weighted by Gasteiger charge is -2.08. The normalized spacial score (nSPS) is 11.2. The van der Waals surface area contributed by atoms with Crippen LogP contribution in [0.25, 0.3) is 0 Å². The molecule has 1 aromatic heterocycles. The van der Waals surface area contributed by atoms with Gasteiger partial charge in [0.2, 0.25) is 0 Å². The van der Waals surface area contributed by atoms with Crippen molar-refractivity contribution in [3.63, 3.8) is 0 Å². The third kappa shape index (κ3) is 8.00. The van der Waals surface area contributed by atoms with E-state index < -0.39 is 0 Å². The molecule has 0 amide bonds. The van der Waals surface area contributed by atoms with E-state index in [2.05, 4.69) is 24.3 Å². The quantitative estimate of drug-likeness (QED) is 0.635. The summed E-state index contributed by atoms with van der Waals surface area (Å²) >= 11 is 0. The molecule has 0 radical (unpaired) electrons. The first-order valence-corrected chi connectivity index (χ1v) is 6.67. The molecule has 0 aliphatic rings. The van der Waals surface area contributed by atoms with Crippen LogP contribution >= 0.6 is 0 Å². The van der Waals surface area contributed by atoms with Crippen LogP contribution in [0.15, 0.2) is 22.8 Å². The van der Waals surface area contributed by atoms with Crippen LogP contribution in [0.1, 0.15) is 37.9 Å². The summed E-state index contributed by atoms with van der Waals surface area (Å²) in [6.45, 7) is 3.17. The molecule has 98 valence electrons. The van der Waals surface area contributed by atoms with Crippen molar-refractivity contribution in [1.82, 2.24) is 10.2 Å². The molecule has 17 heavy (non-hydrogen) atoms. The first-order valence-electron chi connectivity index (χ1n) is 6.67. The van der Waals surface area contributed by atoms with E-state index in [1.807, 2.05) is 12.1 Å². The Morgan fingerprint density at radius 1 is 1.12 bits per heavy atom. The molecule has 0 saturated heterocycles. The molecule has 0 atom stereocenters. The minimum Gasteiger partial charge on any atom is -0.468 e. The second-order valence-electron chi connectivity index (χ2n) is 4.83. The molecule has 1 N–H and O–H groups in total. The summed E-state index contributed by atoms with van der Waals surface area (Å²) < 4.78 is 5.25. The average Bonchev–Trinajstić information content (AvgIpc) is 2.79. The van der Waals surface area contributed by atoms with E-state index in [0.29, 0.717) is 0 Å². The summed E-state index contributed by atoms with van der Waals surface area (Å²) in [6.07, 6.45) is 8.36. The molecular weight excluding hydrogens is 212 g/mol. The molecule has 0 saturated carbocycles. The maximum absolute atomic E-state index is 5.25. The summed E-state index contributed by atoms with van der Waals surface area (Å²) in [7, 11) is 4.27. The summed E-state index contributed by atoms with van der Waals surface area (Å²) in [5.74, 6) is 1.02. The fraction of sp³-hybridized carbons (Fsp3) is 0.714. The Kier molecular flexibility index (Phi) is 7.76. The highest BCUT2D eigenvalue weighted by atomic mass is 16.3. The van der Waals surface area contributed by atoms with Gasteiger partial charge < -0.3 is 14.6 Å². The van der Waals surface area contributed by atoms with Crippen molar-refractivity contribution in [2.75, 3.05) is 27.2 Å². The molecule has 0 unspecified atom stereocenters. The Morgan fingerprint density at radius 2 is 1.88 bits per heavy atom. The smallest absolute Gasteiger partial charge is 0.117 e. The zero-order valence-corrected chi connectivity index (χ0v) is 11.2. The molecule has 1 rings (SSSR count). The Labute approximate surface area is 105 Å².